The molecule has 1 saturated carbocycles. The minimum atomic E-state index is -3.14. The third kappa shape index (κ3) is 7.37. The van der Waals surface area contributed by atoms with Gasteiger partial charge in [-0.25, -0.2) is 0 Å². The lowest BCUT2D eigenvalue weighted by Gasteiger charge is -2.10. The normalized spacial score (nSPS) is 14.0. The molecule has 0 radical (unpaired) electrons. The Bertz CT molecular complexity index is 968. The fourth-order valence-electron chi connectivity index (χ4n) is 2.49. The standard InChI is InChI=1S/C12H14N4.C6H8N2.C3H4F2O/c1-9(14-2)8-16-12-4-3-10(6-13)5-11(12)7-15-16;1-4-7-8(5-1)6-2-3-6;1-3(4,5)2-6/h3-5,7,9,14H,8H2,1-2H3;1,4-6H,2-3H2;2H,1H3. The number of carbonyl (C=O) groups is 1. The highest BCUT2D eigenvalue weighted by Gasteiger charge is 2.22. The minimum absolute atomic E-state index is 0.374. The van der Waals surface area contributed by atoms with Crippen molar-refractivity contribution in [1.29, 1.82) is 5.26 Å². The Balaban J connectivity index is 0.000000189. The molecule has 2 heterocycles. The third-order valence-corrected chi connectivity index (χ3v) is 4.36. The van der Waals surface area contributed by atoms with E-state index in [0.29, 0.717) is 18.5 Å². The molecule has 0 bridgehead atoms. The van der Waals surface area contributed by atoms with Crippen molar-refractivity contribution in [3.05, 3.63) is 48.4 Å². The van der Waals surface area contributed by atoms with E-state index in [1.165, 1.54) is 12.8 Å². The van der Waals surface area contributed by atoms with E-state index in [2.05, 4.69) is 28.5 Å². The maximum absolute atomic E-state index is 11.1. The van der Waals surface area contributed by atoms with Gasteiger partial charge in [0.1, 0.15) is 0 Å². The molecule has 0 spiro atoms. The van der Waals surface area contributed by atoms with E-state index in [0.717, 1.165) is 23.5 Å². The zero-order valence-corrected chi connectivity index (χ0v) is 17.3. The lowest BCUT2D eigenvalue weighted by molar-refractivity contribution is -0.126. The smallest absolute Gasteiger partial charge is 0.299 e. The van der Waals surface area contributed by atoms with Crippen molar-refractivity contribution < 1.29 is 13.6 Å². The van der Waals surface area contributed by atoms with Crippen molar-refractivity contribution in [1.82, 2.24) is 24.9 Å². The van der Waals surface area contributed by atoms with Gasteiger partial charge in [0.25, 0.3) is 5.92 Å². The van der Waals surface area contributed by atoms with Crippen LogP contribution in [0.3, 0.4) is 0 Å². The Morgan fingerprint density at radius 3 is 2.60 bits per heavy atom. The number of likely N-dealkylation sites (N-methyl/N-ethyl adjacent to an activating group) is 1. The van der Waals surface area contributed by atoms with E-state index in [4.69, 9.17) is 10.1 Å². The maximum atomic E-state index is 11.1. The molecule has 1 N–H and O–H groups in total. The molecule has 1 aliphatic carbocycles. The van der Waals surface area contributed by atoms with Gasteiger partial charge in [0.15, 0.2) is 6.29 Å². The number of aromatic nitrogens is 4. The minimum Gasteiger partial charge on any atom is -0.315 e. The first kappa shape index (κ1) is 23.2. The molecule has 1 atom stereocenters. The molecule has 4 rings (SSSR count). The number of benzene rings is 1. The highest BCUT2D eigenvalue weighted by molar-refractivity contribution is 5.80. The van der Waals surface area contributed by atoms with E-state index in [1.807, 2.05) is 53.1 Å². The van der Waals surface area contributed by atoms with Gasteiger partial charge in [-0.1, -0.05) is 0 Å². The number of nitrogens with one attached hydrogen (secondary N) is 1. The largest absolute Gasteiger partial charge is 0.315 e. The number of fused-ring (bicyclic) bond motifs is 1. The zero-order valence-electron chi connectivity index (χ0n) is 17.3. The predicted octanol–water partition coefficient (Wildman–Crippen LogP) is 3.57. The van der Waals surface area contributed by atoms with Crippen LogP contribution < -0.4 is 5.32 Å². The molecule has 7 nitrogen and oxygen atoms in total. The SMILES string of the molecule is CC(F)(F)C=O.CNC(C)Cn1ncc2cc(C#N)ccc21.c1cnn(C2CC2)c1. The summed E-state index contributed by atoms with van der Waals surface area (Å²) in [7, 11) is 1.93. The van der Waals surface area contributed by atoms with Crippen LogP contribution in [-0.4, -0.2) is 44.9 Å². The van der Waals surface area contributed by atoms with Gasteiger partial charge in [-0.05, 0) is 51.1 Å². The van der Waals surface area contributed by atoms with Crippen molar-refractivity contribution >= 4 is 17.2 Å². The van der Waals surface area contributed by atoms with Gasteiger partial charge in [-0.3, -0.25) is 14.2 Å². The molecule has 1 fully saturated rings. The number of hydrogen-bond acceptors (Lipinski definition) is 5. The molecule has 9 heteroatoms. The number of carbonyl (C=O) groups excluding carboxylic acids is 1. The van der Waals surface area contributed by atoms with Gasteiger partial charge >= 0.3 is 0 Å². The van der Waals surface area contributed by atoms with Crippen molar-refractivity contribution in [2.45, 2.75) is 51.2 Å². The number of nitriles is 1. The second kappa shape index (κ2) is 10.6. The van der Waals surface area contributed by atoms with Gasteiger partial charge in [0, 0.05) is 30.7 Å². The van der Waals surface area contributed by atoms with Crippen molar-refractivity contribution in [3.63, 3.8) is 0 Å². The molecular weight excluding hydrogens is 390 g/mol. The Hall–Kier alpha value is -3.12. The van der Waals surface area contributed by atoms with Gasteiger partial charge in [-0.2, -0.15) is 24.2 Å². The topological polar surface area (TPSA) is 88.5 Å². The van der Waals surface area contributed by atoms with Gasteiger partial charge < -0.3 is 5.32 Å². The average Bonchev–Trinajstić information content (AvgIpc) is 3.29. The highest BCUT2D eigenvalue weighted by atomic mass is 19.3. The lowest BCUT2D eigenvalue weighted by atomic mass is 10.2. The zero-order chi connectivity index (χ0) is 22.1. The first-order valence-corrected chi connectivity index (χ1v) is 9.63. The van der Waals surface area contributed by atoms with E-state index < -0.39 is 12.2 Å². The Morgan fingerprint density at radius 1 is 1.40 bits per heavy atom. The monoisotopic (exact) mass is 416 g/mol. The Labute approximate surface area is 174 Å². The molecular formula is C21H26F2N6O. The van der Waals surface area contributed by atoms with Crippen LogP contribution in [0.2, 0.25) is 0 Å². The van der Waals surface area contributed by atoms with E-state index in [1.54, 1.807) is 6.20 Å². The summed E-state index contributed by atoms with van der Waals surface area (Å²) >= 11 is 0. The van der Waals surface area contributed by atoms with Crippen LogP contribution in [0, 0.1) is 11.3 Å². The second-order valence-corrected chi connectivity index (χ2v) is 7.19. The summed E-state index contributed by atoms with van der Waals surface area (Å²) in [5.74, 6) is -3.14. The van der Waals surface area contributed by atoms with Crippen molar-refractivity contribution in [3.8, 4) is 6.07 Å². The van der Waals surface area contributed by atoms with Gasteiger partial charge in [0.2, 0.25) is 0 Å². The van der Waals surface area contributed by atoms with E-state index in [9.17, 15) is 8.78 Å². The third-order valence-electron chi connectivity index (χ3n) is 4.36. The fraction of sp³-hybridized carbons (Fsp3) is 0.429. The Kier molecular flexibility index (Phi) is 8.18. The lowest BCUT2D eigenvalue weighted by Crippen LogP contribution is -2.27. The summed E-state index contributed by atoms with van der Waals surface area (Å²) in [6.07, 6.45) is 7.91. The summed E-state index contributed by atoms with van der Waals surface area (Å²) in [6, 6.07) is 10.9. The highest BCUT2D eigenvalue weighted by Crippen LogP contribution is 2.33. The molecule has 0 amide bonds. The number of hydrogen-bond donors (Lipinski definition) is 1. The van der Waals surface area contributed by atoms with Crippen LogP contribution in [0.15, 0.2) is 42.9 Å². The fourth-order valence-corrected chi connectivity index (χ4v) is 2.49. The van der Waals surface area contributed by atoms with Crippen LogP contribution in [0.25, 0.3) is 10.9 Å². The number of rotatable bonds is 5. The molecule has 1 unspecified atom stereocenters. The first-order chi connectivity index (χ1) is 14.3. The van der Waals surface area contributed by atoms with Gasteiger partial charge in [-0.15, -0.1) is 0 Å². The summed E-state index contributed by atoms with van der Waals surface area (Å²) < 4.78 is 26.2. The summed E-state index contributed by atoms with van der Waals surface area (Å²) in [5.41, 5.74) is 1.75. The molecule has 0 aliphatic heterocycles. The Morgan fingerprint density at radius 2 is 2.10 bits per heavy atom. The number of nitrogens with zero attached hydrogens (tertiary/aromatic N) is 5. The van der Waals surface area contributed by atoms with Crippen molar-refractivity contribution in [2.24, 2.45) is 0 Å². The quantitative estimate of drug-likeness (QED) is 0.643. The summed E-state index contributed by atoms with van der Waals surface area (Å²) in [4.78, 5) is 9.08. The van der Waals surface area contributed by atoms with Crippen LogP contribution in [0.4, 0.5) is 8.78 Å². The number of alkyl halides is 2. The first-order valence-electron chi connectivity index (χ1n) is 9.63. The molecule has 3 aromatic rings. The van der Waals surface area contributed by atoms with Crippen LogP contribution in [0.5, 0.6) is 0 Å². The van der Waals surface area contributed by atoms with Gasteiger partial charge in [0.05, 0.1) is 35.9 Å². The molecule has 1 aromatic carbocycles. The van der Waals surface area contributed by atoms with Crippen LogP contribution in [0.1, 0.15) is 38.3 Å². The maximum Gasteiger partial charge on any atom is 0.299 e. The molecule has 160 valence electrons. The molecule has 1 aliphatic rings. The van der Waals surface area contributed by atoms with E-state index >= 15 is 0 Å². The molecule has 2 aromatic heterocycles. The summed E-state index contributed by atoms with van der Waals surface area (Å²) in [6.45, 7) is 3.48. The number of aldehydes is 1. The number of halogens is 2. The second-order valence-electron chi connectivity index (χ2n) is 7.19. The van der Waals surface area contributed by atoms with Crippen LogP contribution >= 0.6 is 0 Å². The van der Waals surface area contributed by atoms with E-state index in [-0.39, 0.29) is 0 Å². The molecule has 30 heavy (non-hydrogen) atoms. The molecule has 0 saturated heterocycles. The van der Waals surface area contributed by atoms with Crippen LogP contribution in [-0.2, 0) is 11.3 Å². The average molecular weight is 416 g/mol. The predicted molar refractivity (Wildman–Crippen MR) is 110 cm³/mol. The summed E-state index contributed by atoms with van der Waals surface area (Å²) in [5, 5.41) is 21.4. The van der Waals surface area contributed by atoms with Crippen molar-refractivity contribution in [2.75, 3.05) is 7.05 Å².